The molecule has 40 heavy (non-hydrogen) atoms. The van der Waals surface area contributed by atoms with Crippen molar-refractivity contribution < 1.29 is 9.53 Å². The first kappa shape index (κ1) is 26.7. The summed E-state index contributed by atoms with van der Waals surface area (Å²) in [6.07, 6.45) is 4.98. The van der Waals surface area contributed by atoms with Crippen LogP contribution in [0, 0.1) is 6.92 Å². The highest BCUT2D eigenvalue weighted by Crippen LogP contribution is 2.26. The molecule has 1 amide bonds. The van der Waals surface area contributed by atoms with Crippen molar-refractivity contribution >= 4 is 34.4 Å². The number of nitrogens with one attached hydrogen (secondary N) is 1. The van der Waals surface area contributed by atoms with Crippen LogP contribution in [0.3, 0.4) is 0 Å². The molecule has 0 aliphatic carbocycles. The topological polar surface area (TPSA) is 83.5 Å². The number of morpholine rings is 1. The summed E-state index contributed by atoms with van der Waals surface area (Å²) in [4.78, 5) is 33.3. The first-order valence-electron chi connectivity index (χ1n) is 13.8. The van der Waals surface area contributed by atoms with Crippen molar-refractivity contribution in [2.24, 2.45) is 0 Å². The summed E-state index contributed by atoms with van der Waals surface area (Å²) in [5.41, 5.74) is 5.08. The summed E-state index contributed by atoms with van der Waals surface area (Å²) in [6, 6.07) is 18.5. The lowest BCUT2D eigenvalue weighted by molar-refractivity contribution is 0.0209. The number of aryl methyl sites for hydroxylation is 1. The molecule has 206 valence electrons. The molecule has 8 nitrogen and oxygen atoms in total. The van der Waals surface area contributed by atoms with Gasteiger partial charge in [-0.2, -0.15) is 0 Å². The van der Waals surface area contributed by atoms with Gasteiger partial charge in [-0.15, -0.1) is 11.8 Å². The van der Waals surface area contributed by atoms with Gasteiger partial charge in [-0.1, -0.05) is 12.1 Å². The first-order chi connectivity index (χ1) is 19.6. The number of nitrogens with zero attached hydrogens (tertiary/aromatic N) is 5. The molecular formula is C31H34N6O2S. The average Bonchev–Trinajstić information content (AvgIpc) is 3.51. The van der Waals surface area contributed by atoms with Gasteiger partial charge in [0, 0.05) is 54.3 Å². The normalized spacial score (nSPS) is 17.9. The molecule has 0 spiro atoms. The van der Waals surface area contributed by atoms with Crippen LogP contribution in [-0.2, 0) is 11.3 Å². The number of anilines is 1. The fraction of sp³-hybridized carbons (Fsp3) is 0.355. The summed E-state index contributed by atoms with van der Waals surface area (Å²) in [5, 5.41) is 3.95. The molecule has 5 heterocycles. The third-order valence-corrected chi connectivity index (χ3v) is 8.66. The number of carbonyl (C=O) groups is 1. The van der Waals surface area contributed by atoms with Crippen molar-refractivity contribution in [3.8, 4) is 11.4 Å². The largest absolute Gasteiger partial charge is 0.379 e. The van der Waals surface area contributed by atoms with Crippen molar-refractivity contribution in [2.45, 2.75) is 30.8 Å². The van der Waals surface area contributed by atoms with Crippen molar-refractivity contribution in [1.29, 1.82) is 0 Å². The smallest absolute Gasteiger partial charge is 0.251 e. The lowest BCUT2D eigenvalue weighted by Crippen LogP contribution is -2.44. The Labute approximate surface area is 239 Å². The number of fused-ring (bicyclic) bond motifs is 1. The molecule has 0 radical (unpaired) electrons. The fourth-order valence-corrected chi connectivity index (χ4v) is 6.10. The zero-order valence-corrected chi connectivity index (χ0v) is 23.8. The van der Waals surface area contributed by atoms with Gasteiger partial charge < -0.3 is 15.0 Å². The number of amides is 1. The second-order valence-electron chi connectivity index (χ2n) is 10.3. The van der Waals surface area contributed by atoms with E-state index in [1.807, 2.05) is 61.8 Å². The van der Waals surface area contributed by atoms with E-state index in [2.05, 4.69) is 32.2 Å². The molecule has 2 fully saturated rings. The van der Waals surface area contributed by atoms with Crippen LogP contribution in [-0.4, -0.2) is 77.4 Å². The highest BCUT2D eigenvalue weighted by atomic mass is 32.2. The number of thioether (sulfide) groups is 1. The monoisotopic (exact) mass is 554 g/mol. The van der Waals surface area contributed by atoms with Crippen LogP contribution in [0.1, 0.15) is 28.0 Å². The number of aromatic nitrogens is 3. The summed E-state index contributed by atoms with van der Waals surface area (Å²) >= 11 is 1.64. The van der Waals surface area contributed by atoms with E-state index >= 15 is 0 Å². The fourth-order valence-electron chi connectivity index (χ4n) is 5.46. The van der Waals surface area contributed by atoms with E-state index in [1.54, 1.807) is 11.8 Å². The minimum Gasteiger partial charge on any atom is -0.379 e. The second kappa shape index (κ2) is 11.9. The number of pyridine rings is 3. The van der Waals surface area contributed by atoms with Crippen molar-refractivity contribution in [3.63, 3.8) is 0 Å². The number of rotatable bonds is 7. The van der Waals surface area contributed by atoms with Crippen LogP contribution in [0.5, 0.6) is 0 Å². The van der Waals surface area contributed by atoms with Crippen LogP contribution in [0.4, 0.5) is 5.82 Å². The number of carbonyl (C=O) groups excluding carboxylic acids is 1. The Balaban J connectivity index is 1.15. The molecule has 6 rings (SSSR count). The predicted molar refractivity (Wildman–Crippen MR) is 160 cm³/mol. The van der Waals surface area contributed by atoms with Gasteiger partial charge in [0.1, 0.15) is 5.82 Å². The molecule has 2 saturated heterocycles. The van der Waals surface area contributed by atoms with Crippen LogP contribution in [0.2, 0.25) is 0 Å². The summed E-state index contributed by atoms with van der Waals surface area (Å²) in [5.74, 6) is 0.881. The van der Waals surface area contributed by atoms with Gasteiger partial charge in [-0.3, -0.25) is 14.7 Å². The summed E-state index contributed by atoms with van der Waals surface area (Å²) in [6.45, 7) is 8.05. The Morgan fingerprint density at radius 1 is 1.05 bits per heavy atom. The molecule has 3 aromatic heterocycles. The highest BCUT2D eigenvalue weighted by Gasteiger charge is 2.29. The maximum absolute atomic E-state index is 12.8. The van der Waals surface area contributed by atoms with Crippen molar-refractivity contribution in [1.82, 2.24) is 25.2 Å². The second-order valence-corrected chi connectivity index (χ2v) is 11.2. The Bertz CT molecular complexity index is 1520. The third kappa shape index (κ3) is 5.82. The van der Waals surface area contributed by atoms with E-state index in [9.17, 15) is 4.79 Å². The molecule has 0 bridgehead atoms. The van der Waals surface area contributed by atoms with Gasteiger partial charge in [0.2, 0.25) is 0 Å². The van der Waals surface area contributed by atoms with E-state index in [-0.39, 0.29) is 5.91 Å². The van der Waals surface area contributed by atoms with E-state index in [1.165, 1.54) is 5.56 Å². The maximum Gasteiger partial charge on any atom is 0.251 e. The Hall–Kier alpha value is -3.53. The standard InChI is InChI=1S/C31H34N6O2S/c1-21-6-7-22(16-29(21)40-2)31(38)33-19-24-17-28-23(18-32-24)8-9-27(34-28)26-4-3-5-30(35-26)37-11-10-25(20-37)36-12-14-39-15-13-36/h3-9,16-18,25H,10-15,19-20H2,1-2H3,(H,33,38). The third-order valence-electron chi connectivity index (χ3n) is 7.78. The van der Waals surface area contributed by atoms with Crippen molar-refractivity contribution in [3.05, 3.63) is 77.6 Å². The van der Waals surface area contributed by atoms with Gasteiger partial charge in [0.15, 0.2) is 0 Å². The van der Waals surface area contributed by atoms with E-state index < -0.39 is 0 Å². The van der Waals surface area contributed by atoms with E-state index in [0.717, 1.165) is 84.5 Å². The summed E-state index contributed by atoms with van der Waals surface area (Å²) < 4.78 is 5.53. The van der Waals surface area contributed by atoms with Crippen molar-refractivity contribution in [2.75, 3.05) is 50.5 Å². The zero-order chi connectivity index (χ0) is 27.5. The highest BCUT2D eigenvalue weighted by molar-refractivity contribution is 7.98. The molecule has 2 aliphatic rings. The molecule has 1 atom stereocenters. The van der Waals surface area contributed by atoms with E-state index in [4.69, 9.17) is 14.7 Å². The number of benzene rings is 1. The lowest BCUT2D eigenvalue weighted by atomic mass is 10.1. The minimum atomic E-state index is -0.113. The van der Waals surface area contributed by atoms with Gasteiger partial charge in [-0.05, 0) is 67.6 Å². The maximum atomic E-state index is 12.8. The average molecular weight is 555 g/mol. The molecule has 1 aromatic carbocycles. The summed E-state index contributed by atoms with van der Waals surface area (Å²) in [7, 11) is 0. The quantitative estimate of drug-likeness (QED) is 0.333. The van der Waals surface area contributed by atoms with Gasteiger partial charge in [0.25, 0.3) is 5.91 Å². The van der Waals surface area contributed by atoms with Gasteiger partial charge in [-0.25, -0.2) is 9.97 Å². The Morgan fingerprint density at radius 3 is 2.75 bits per heavy atom. The number of ether oxygens (including phenoxy) is 1. The molecule has 1 unspecified atom stereocenters. The number of hydrogen-bond donors (Lipinski definition) is 1. The van der Waals surface area contributed by atoms with Crippen LogP contribution < -0.4 is 10.2 Å². The molecule has 2 aliphatic heterocycles. The molecule has 0 saturated carbocycles. The molecule has 9 heteroatoms. The first-order valence-corrected chi connectivity index (χ1v) is 15.0. The molecular weight excluding hydrogens is 520 g/mol. The zero-order valence-electron chi connectivity index (χ0n) is 23.0. The minimum absolute atomic E-state index is 0.113. The Kier molecular flexibility index (Phi) is 7.95. The molecule has 4 aromatic rings. The number of hydrogen-bond acceptors (Lipinski definition) is 8. The predicted octanol–water partition coefficient (Wildman–Crippen LogP) is 4.56. The van der Waals surface area contributed by atoms with Crippen LogP contribution in [0.15, 0.2) is 65.7 Å². The van der Waals surface area contributed by atoms with E-state index in [0.29, 0.717) is 18.2 Å². The van der Waals surface area contributed by atoms with Crippen LogP contribution >= 0.6 is 11.8 Å². The van der Waals surface area contributed by atoms with Gasteiger partial charge in [0.05, 0.1) is 42.4 Å². The van der Waals surface area contributed by atoms with Gasteiger partial charge >= 0.3 is 0 Å². The SMILES string of the molecule is CSc1cc(C(=O)NCc2cc3nc(-c4cccc(N5CCC(N6CCOCC6)C5)n4)ccc3cn2)ccc1C. The molecule has 1 N–H and O–H groups in total. The Morgan fingerprint density at radius 2 is 1.90 bits per heavy atom. The lowest BCUT2D eigenvalue weighted by Gasteiger charge is -2.32. The van der Waals surface area contributed by atoms with Crippen LogP contribution in [0.25, 0.3) is 22.3 Å².